The molecule has 0 unspecified atom stereocenters. The topological polar surface area (TPSA) is 52.6 Å². The summed E-state index contributed by atoms with van der Waals surface area (Å²) in [4.78, 5) is 22.6. The van der Waals surface area contributed by atoms with Crippen LogP contribution in [0.25, 0.3) is 0 Å². The van der Waals surface area contributed by atoms with Crippen molar-refractivity contribution in [2.45, 2.75) is 6.92 Å². The summed E-state index contributed by atoms with van der Waals surface area (Å²) in [6, 6.07) is 13.2. The summed E-state index contributed by atoms with van der Waals surface area (Å²) in [5, 5.41) is 0. The molecule has 0 spiro atoms. The number of benzene rings is 2. The van der Waals surface area contributed by atoms with Crippen molar-refractivity contribution in [1.82, 2.24) is 0 Å². The van der Waals surface area contributed by atoms with Crippen LogP contribution in [0.4, 0.5) is 0 Å². The Bertz CT molecular complexity index is 602. The third-order valence-electron chi connectivity index (χ3n) is 2.63. The molecule has 2 aromatic rings. The van der Waals surface area contributed by atoms with Gasteiger partial charge in [0.25, 0.3) is 0 Å². The lowest BCUT2D eigenvalue weighted by molar-refractivity contribution is 0.0730. The molecule has 0 fully saturated rings. The maximum atomic E-state index is 12.1. The van der Waals surface area contributed by atoms with Gasteiger partial charge in [-0.3, -0.25) is 4.79 Å². The highest BCUT2D eigenvalue weighted by atomic mass is 16.5. The summed E-state index contributed by atoms with van der Waals surface area (Å²) >= 11 is 0. The number of ether oxygens (including phenoxy) is 2. The van der Waals surface area contributed by atoms with Crippen molar-refractivity contribution in [3.8, 4) is 11.5 Å². The standard InChI is InChI=1S/C16H14O4/c1-2-19-15-6-4-3-5-14(15)16(18)20-13-9-7-12(11-17)8-10-13/h3-11H,2H2,1H3. The fraction of sp³-hybridized carbons (Fsp3) is 0.125. The lowest BCUT2D eigenvalue weighted by Gasteiger charge is -2.09. The Morgan fingerprint density at radius 2 is 1.80 bits per heavy atom. The van der Waals surface area contributed by atoms with Gasteiger partial charge in [0.2, 0.25) is 0 Å². The zero-order chi connectivity index (χ0) is 14.4. The molecule has 0 heterocycles. The Hall–Kier alpha value is -2.62. The number of esters is 1. The van der Waals surface area contributed by atoms with E-state index in [1.165, 1.54) is 0 Å². The van der Waals surface area contributed by atoms with Crippen molar-refractivity contribution >= 4 is 12.3 Å². The Labute approximate surface area is 116 Å². The third kappa shape index (κ3) is 3.23. The van der Waals surface area contributed by atoms with E-state index in [-0.39, 0.29) is 0 Å². The molecule has 2 rings (SSSR count). The van der Waals surface area contributed by atoms with Crippen LogP contribution in [-0.4, -0.2) is 18.9 Å². The van der Waals surface area contributed by atoms with Crippen molar-refractivity contribution in [1.29, 1.82) is 0 Å². The predicted molar refractivity (Wildman–Crippen MR) is 74.4 cm³/mol. The van der Waals surface area contributed by atoms with Gasteiger partial charge in [-0.15, -0.1) is 0 Å². The fourth-order valence-electron chi connectivity index (χ4n) is 1.69. The van der Waals surface area contributed by atoms with Gasteiger partial charge in [-0.05, 0) is 43.3 Å². The van der Waals surface area contributed by atoms with Crippen LogP contribution in [0.15, 0.2) is 48.5 Å². The van der Waals surface area contributed by atoms with Gasteiger partial charge in [0.05, 0.1) is 6.61 Å². The van der Waals surface area contributed by atoms with Gasteiger partial charge < -0.3 is 9.47 Å². The molecule has 0 aliphatic carbocycles. The lowest BCUT2D eigenvalue weighted by Crippen LogP contribution is -2.10. The minimum Gasteiger partial charge on any atom is -0.493 e. The van der Waals surface area contributed by atoms with Gasteiger partial charge in [-0.1, -0.05) is 12.1 Å². The van der Waals surface area contributed by atoms with Crippen molar-refractivity contribution in [3.63, 3.8) is 0 Å². The maximum absolute atomic E-state index is 12.1. The molecule has 0 saturated heterocycles. The maximum Gasteiger partial charge on any atom is 0.347 e. The van der Waals surface area contributed by atoms with Crippen LogP contribution in [0.5, 0.6) is 11.5 Å². The van der Waals surface area contributed by atoms with Crippen molar-refractivity contribution < 1.29 is 19.1 Å². The average molecular weight is 270 g/mol. The zero-order valence-electron chi connectivity index (χ0n) is 11.0. The van der Waals surface area contributed by atoms with Gasteiger partial charge >= 0.3 is 5.97 Å². The first-order chi connectivity index (χ1) is 9.74. The van der Waals surface area contributed by atoms with E-state index in [1.54, 1.807) is 48.5 Å². The highest BCUT2D eigenvalue weighted by Gasteiger charge is 2.14. The Balaban J connectivity index is 2.16. The molecule has 2 aromatic carbocycles. The highest BCUT2D eigenvalue weighted by Crippen LogP contribution is 2.21. The number of carbonyl (C=O) groups is 2. The smallest absolute Gasteiger partial charge is 0.347 e. The Morgan fingerprint density at radius 1 is 1.10 bits per heavy atom. The first-order valence-electron chi connectivity index (χ1n) is 6.24. The van der Waals surface area contributed by atoms with Crippen molar-refractivity contribution in [2.75, 3.05) is 6.61 Å². The molecule has 0 N–H and O–H groups in total. The van der Waals surface area contributed by atoms with E-state index in [1.807, 2.05) is 6.92 Å². The molecule has 102 valence electrons. The molecule has 20 heavy (non-hydrogen) atoms. The van der Waals surface area contributed by atoms with Crippen LogP contribution in [0, 0.1) is 0 Å². The quantitative estimate of drug-likeness (QED) is 0.476. The molecule has 0 aromatic heterocycles. The minimum absolute atomic E-state index is 0.369. The van der Waals surface area contributed by atoms with Crippen LogP contribution in [0.1, 0.15) is 27.6 Å². The van der Waals surface area contributed by atoms with E-state index < -0.39 is 5.97 Å². The second-order valence-electron chi connectivity index (χ2n) is 4.01. The predicted octanol–water partition coefficient (Wildman–Crippen LogP) is 3.12. The molecule has 0 atom stereocenters. The summed E-state index contributed by atoms with van der Waals surface area (Å²) in [6.45, 7) is 2.32. The van der Waals surface area contributed by atoms with E-state index in [4.69, 9.17) is 9.47 Å². The van der Waals surface area contributed by atoms with E-state index in [0.717, 1.165) is 6.29 Å². The molecular formula is C16H14O4. The van der Waals surface area contributed by atoms with Crippen LogP contribution in [0.2, 0.25) is 0 Å². The number of aldehydes is 1. The lowest BCUT2D eigenvalue weighted by atomic mass is 10.2. The number of hydrogen-bond donors (Lipinski definition) is 0. The molecule has 0 aliphatic rings. The fourth-order valence-corrected chi connectivity index (χ4v) is 1.69. The largest absolute Gasteiger partial charge is 0.493 e. The van der Waals surface area contributed by atoms with Gasteiger partial charge in [-0.25, -0.2) is 4.79 Å². The van der Waals surface area contributed by atoms with Gasteiger partial charge in [0, 0.05) is 5.56 Å². The summed E-state index contributed by atoms with van der Waals surface area (Å²) in [5.41, 5.74) is 0.897. The Morgan fingerprint density at radius 3 is 2.45 bits per heavy atom. The highest BCUT2D eigenvalue weighted by molar-refractivity contribution is 5.94. The van der Waals surface area contributed by atoms with Crippen LogP contribution in [-0.2, 0) is 0 Å². The van der Waals surface area contributed by atoms with E-state index in [9.17, 15) is 9.59 Å². The SMILES string of the molecule is CCOc1ccccc1C(=O)Oc1ccc(C=O)cc1. The van der Waals surface area contributed by atoms with Crippen LogP contribution >= 0.6 is 0 Å². The molecule has 0 amide bonds. The molecule has 4 heteroatoms. The van der Waals surface area contributed by atoms with E-state index in [0.29, 0.717) is 29.2 Å². The zero-order valence-corrected chi connectivity index (χ0v) is 11.0. The molecule has 0 saturated carbocycles. The summed E-state index contributed by atoms with van der Waals surface area (Å²) in [7, 11) is 0. The third-order valence-corrected chi connectivity index (χ3v) is 2.63. The average Bonchev–Trinajstić information content (AvgIpc) is 2.49. The summed E-state index contributed by atoms with van der Waals surface area (Å²) in [5.74, 6) is 0.379. The second kappa shape index (κ2) is 6.52. The normalized spacial score (nSPS) is 9.85. The van der Waals surface area contributed by atoms with Gasteiger partial charge in [0.1, 0.15) is 23.3 Å². The number of carbonyl (C=O) groups excluding carboxylic acids is 2. The summed E-state index contributed by atoms with van der Waals surface area (Å²) < 4.78 is 10.6. The van der Waals surface area contributed by atoms with E-state index >= 15 is 0 Å². The van der Waals surface area contributed by atoms with Crippen molar-refractivity contribution in [2.24, 2.45) is 0 Å². The minimum atomic E-state index is -0.493. The van der Waals surface area contributed by atoms with E-state index in [2.05, 4.69) is 0 Å². The van der Waals surface area contributed by atoms with Crippen LogP contribution in [0.3, 0.4) is 0 Å². The van der Waals surface area contributed by atoms with Crippen LogP contribution < -0.4 is 9.47 Å². The van der Waals surface area contributed by atoms with Gasteiger partial charge in [0.15, 0.2) is 0 Å². The number of rotatable bonds is 5. The molecular weight excluding hydrogens is 256 g/mol. The summed E-state index contributed by atoms with van der Waals surface area (Å²) in [6.07, 6.45) is 0.732. The first-order valence-corrected chi connectivity index (χ1v) is 6.24. The molecule has 0 radical (unpaired) electrons. The van der Waals surface area contributed by atoms with Crippen molar-refractivity contribution in [3.05, 3.63) is 59.7 Å². The molecule has 0 aliphatic heterocycles. The Kier molecular flexibility index (Phi) is 4.50. The molecule has 4 nitrogen and oxygen atoms in total. The first kappa shape index (κ1) is 13.8. The second-order valence-corrected chi connectivity index (χ2v) is 4.01. The molecule has 0 bridgehead atoms. The monoisotopic (exact) mass is 270 g/mol. The number of para-hydroxylation sites is 1. The van der Waals surface area contributed by atoms with Gasteiger partial charge in [-0.2, -0.15) is 0 Å². The number of hydrogen-bond acceptors (Lipinski definition) is 4.